The van der Waals surface area contributed by atoms with E-state index in [4.69, 9.17) is 4.74 Å². The zero-order valence-corrected chi connectivity index (χ0v) is 10.9. The Hall–Kier alpha value is -1.39. The molecule has 2 heterocycles. The van der Waals surface area contributed by atoms with Crippen molar-refractivity contribution in [3.8, 4) is 0 Å². The number of fused-ring (bicyclic) bond motifs is 3. The molecule has 1 aliphatic heterocycles. The lowest BCUT2D eigenvalue weighted by molar-refractivity contribution is 0.00807. The Morgan fingerprint density at radius 3 is 3.17 bits per heavy atom. The molecular formula is C14H19N3O. The molecule has 1 aromatic heterocycles. The molecule has 4 heteroatoms. The molecule has 3 rings (SSSR count). The van der Waals surface area contributed by atoms with Crippen LogP contribution in [0.15, 0.2) is 24.3 Å². The van der Waals surface area contributed by atoms with Crippen molar-refractivity contribution in [3.63, 3.8) is 0 Å². The van der Waals surface area contributed by atoms with Gasteiger partial charge in [0.25, 0.3) is 0 Å². The molecule has 4 nitrogen and oxygen atoms in total. The van der Waals surface area contributed by atoms with Crippen LogP contribution in [-0.2, 0) is 11.3 Å². The summed E-state index contributed by atoms with van der Waals surface area (Å²) in [6.07, 6.45) is 1.13. The predicted octanol–water partition coefficient (Wildman–Crippen LogP) is 2.11. The molecule has 0 bridgehead atoms. The standard InChI is InChI=1S/C14H19N3O/c1-10(15-2)9-13-14-11-5-3-4-6-12(11)16-17(14)7-8-18-13/h3-6,10,13,15H,7-9H2,1-2H3/t10?,13-/m1/s1. The van der Waals surface area contributed by atoms with Crippen molar-refractivity contribution in [1.29, 1.82) is 0 Å². The van der Waals surface area contributed by atoms with Gasteiger partial charge in [-0.3, -0.25) is 4.68 Å². The average Bonchev–Trinajstić information content (AvgIpc) is 2.78. The minimum atomic E-state index is 0.147. The van der Waals surface area contributed by atoms with E-state index in [1.54, 1.807) is 0 Å². The van der Waals surface area contributed by atoms with Crippen molar-refractivity contribution in [2.45, 2.75) is 32.0 Å². The molecule has 2 atom stereocenters. The molecule has 18 heavy (non-hydrogen) atoms. The highest BCUT2D eigenvalue weighted by atomic mass is 16.5. The van der Waals surface area contributed by atoms with Crippen molar-refractivity contribution >= 4 is 10.9 Å². The van der Waals surface area contributed by atoms with Gasteiger partial charge in [0.15, 0.2) is 0 Å². The Kier molecular flexibility index (Phi) is 3.06. The molecule has 0 saturated heterocycles. The van der Waals surface area contributed by atoms with E-state index in [0.29, 0.717) is 6.04 Å². The Morgan fingerprint density at radius 1 is 1.50 bits per heavy atom. The van der Waals surface area contributed by atoms with Gasteiger partial charge in [-0.25, -0.2) is 0 Å². The number of ether oxygens (including phenoxy) is 1. The van der Waals surface area contributed by atoms with Crippen LogP contribution in [0.2, 0.25) is 0 Å². The van der Waals surface area contributed by atoms with E-state index in [9.17, 15) is 0 Å². The molecule has 0 fully saturated rings. The molecule has 0 aliphatic carbocycles. The second kappa shape index (κ2) is 4.71. The van der Waals surface area contributed by atoms with Gasteiger partial charge in [-0.2, -0.15) is 5.10 Å². The van der Waals surface area contributed by atoms with Crippen LogP contribution in [0.1, 0.15) is 25.1 Å². The first-order chi connectivity index (χ1) is 8.79. The number of benzene rings is 1. The summed E-state index contributed by atoms with van der Waals surface area (Å²) in [4.78, 5) is 0. The second-order valence-electron chi connectivity index (χ2n) is 4.91. The highest BCUT2D eigenvalue weighted by Crippen LogP contribution is 2.32. The largest absolute Gasteiger partial charge is 0.370 e. The van der Waals surface area contributed by atoms with E-state index in [1.165, 1.54) is 11.1 Å². The van der Waals surface area contributed by atoms with Crippen LogP contribution in [-0.4, -0.2) is 29.5 Å². The van der Waals surface area contributed by atoms with Crippen LogP contribution in [0.3, 0.4) is 0 Å². The normalized spacial score (nSPS) is 20.9. The first-order valence-electron chi connectivity index (χ1n) is 6.54. The van der Waals surface area contributed by atoms with Crippen molar-refractivity contribution in [2.75, 3.05) is 13.7 Å². The predicted molar refractivity (Wildman–Crippen MR) is 71.6 cm³/mol. The van der Waals surface area contributed by atoms with Crippen LogP contribution in [0.25, 0.3) is 10.9 Å². The molecule has 0 spiro atoms. The van der Waals surface area contributed by atoms with Gasteiger partial charge in [0.05, 0.1) is 24.4 Å². The fraction of sp³-hybridized carbons (Fsp3) is 0.500. The van der Waals surface area contributed by atoms with Gasteiger partial charge in [0.1, 0.15) is 6.10 Å². The molecule has 1 aliphatic rings. The number of nitrogens with zero attached hydrogens (tertiary/aromatic N) is 2. The molecular weight excluding hydrogens is 226 g/mol. The Balaban J connectivity index is 2.03. The molecule has 1 unspecified atom stereocenters. The summed E-state index contributed by atoms with van der Waals surface area (Å²) in [6, 6.07) is 8.75. The molecule has 0 saturated carbocycles. The topological polar surface area (TPSA) is 39.1 Å². The van der Waals surface area contributed by atoms with E-state index in [2.05, 4.69) is 40.2 Å². The first-order valence-corrected chi connectivity index (χ1v) is 6.54. The highest BCUT2D eigenvalue weighted by molar-refractivity contribution is 5.81. The number of hydrogen-bond donors (Lipinski definition) is 1. The van der Waals surface area contributed by atoms with E-state index in [-0.39, 0.29) is 6.10 Å². The Bertz CT molecular complexity index is 549. The summed E-state index contributed by atoms with van der Waals surface area (Å²) in [6.45, 7) is 3.79. The van der Waals surface area contributed by atoms with Crippen molar-refractivity contribution in [3.05, 3.63) is 30.0 Å². The van der Waals surface area contributed by atoms with Crippen molar-refractivity contribution in [2.24, 2.45) is 0 Å². The lowest BCUT2D eigenvalue weighted by Crippen LogP contribution is -2.29. The monoisotopic (exact) mass is 245 g/mol. The fourth-order valence-corrected chi connectivity index (χ4v) is 2.59. The molecule has 1 aromatic carbocycles. The van der Waals surface area contributed by atoms with E-state index in [1.807, 2.05) is 13.1 Å². The summed E-state index contributed by atoms with van der Waals surface area (Å²) in [5.74, 6) is 0. The van der Waals surface area contributed by atoms with Crippen LogP contribution in [0.4, 0.5) is 0 Å². The van der Waals surface area contributed by atoms with Gasteiger partial charge in [-0.05, 0) is 26.5 Å². The molecule has 0 radical (unpaired) electrons. The minimum Gasteiger partial charge on any atom is -0.370 e. The van der Waals surface area contributed by atoms with E-state index < -0.39 is 0 Å². The van der Waals surface area contributed by atoms with Crippen LogP contribution in [0.5, 0.6) is 0 Å². The summed E-state index contributed by atoms with van der Waals surface area (Å²) in [5, 5.41) is 9.15. The van der Waals surface area contributed by atoms with Crippen molar-refractivity contribution in [1.82, 2.24) is 15.1 Å². The van der Waals surface area contributed by atoms with Gasteiger partial charge in [0.2, 0.25) is 0 Å². The SMILES string of the molecule is CNC(C)C[C@H]1OCCn2nc3ccccc3c21. The van der Waals surface area contributed by atoms with Gasteiger partial charge < -0.3 is 10.1 Å². The Morgan fingerprint density at radius 2 is 2.33 bits per heavy atom. The fourth-order valence-electron chi connectivity index (χ4n) is 2.59. The lowest BCUT2D eigenvalue weighted by Gasteiger charge is -2.26. The maximum absolute atomic E-state index is 5.94. The maximum atomic E-state index is 5.94. The average molecular weight is 245 g/mol. The van der Waals surface area contributed by atoms with Crippen LogP contribution < -0.4 is 5.32 Å². The summed E-state index contributed by atoms with van der Waals surface area (Å²) >= 11 is 0. The van der Waals surface area contributed by atoms with E-state index >= 15 is 0 Å². The second-order valence-corrected chi connectivity index (χ2v) is 4.91. The number of hydrogen-bond acceptors (Lipinski definition) is 3. The van der Waals surface area contributed by atoms with E-state index in [0.717, 1.165) is 25.1 Å². The third-order valence-corrected chi connectivity index (χ3v) is 3.67. The van der Waals surface area contributed by atoms with Crippen LogP contribution in [0, 0.1) is 0 Å². The first kappa shape index (κ1) is 11.7. The number of rotatable bonds is 3. The van der Waals surface area contributed by atoms with Gasteiger partial charge in [-0.15, -0.1) is 0 Å². The molecule has 0 amide bonds. The third-order valence-electron chi connectivity index (χ3n) is 3.67. The number of nitrogens with one attached hydrogen (secondary N) is 1. The highest BCUT2D eigenvalue weighted by Gasteiger charge is 2.26. The zero-order valence-electron chi connectivity index (χ0n) is 10.9. The number of aromatic nitrogens is 2. The molecule has 96 valence electrons. The third kappa shape index (κ3) is 1.91. The molecule has 1 N–H and O–H groups in total. The van der Waals surface area contributed by atoms with Gasteiger partial charge in [0, 0.05) is 11.4 Å². The summed E-state index contributed by atoms with van der Waals surface area (Å²) < 4.78 is 8.05. The molecule has 2 aromatic rings. The minimum absolute atomic E-state index is 0.147. The lowest BCUT2D eigenvalue weighted by atomic mass is 10.0. The summed E-state index contributed by atoms with van der Waals surface area (Å²) in [7, 11) is 1.99. The smallest absolute Gasteiger partial charge is 0.101 e. The zero-order chi connectivity index (χ0) is 12.5. The summed E-state index contributed by atoms with van der Waals surface area (Å²) in [5.41, 5.74) is 2.30. The Labute approximate surface area is 107 Å². The van der Waals surface area contributed by atoms with Crippen molar-refractivity contribution < 1.29 is 4.74 Å². The van der Waals surface area contributed by atoms with Crippen LogP contribution >= 0.6 is 0 Å². The van der Waals surface area contributed by atoms with Gasteiger partial charge >= 0.3 is 0 Å². The quantitative estimate of drug-likeness (QED) is 0.900. The maximum Gasteiger partial charge on any atom is 0.101 e. The van der Waals surface area contributed by atoms with Gasteiger partial charge in [-0.1, -0.05) is 18.2 Å².